The fraction of sp³-hybridized carbons (Fsp3) is 0.571. The molecule has 0 radical (unpaired) electrons. The highest BCUT2D eigenvalue weighted by atomic mass is 16.6. The zero-order chi connectivity index (χ0) is 13.8. The molecule has 1 aromatic rings. The van der Waals surface area contributed by atoms with E-state index in [-0.39, 0.29) is 22.8 Å². The normalized spacial score (nSPS) is 24.9. The Labute approximate surface area is 113 Å². The van der Waals surface area contributed by atoms with E-state index in [1.807, 2.05) is 13.0 Å². The van der Waals surface area contributed by atoms with Gasteiger partial charge in [0.25, 0.3) is 5.69 Å². The predicted octanol–water partition coefficient (Wildman–Crippen LogP) is 2.81. The Balaban J connectivity index is 2.01. The smallest absolute Gasteiger partial charge is 0.269 e. The van der Waals surface area contributed by atoms with Gasteiger partial charge < -0.3 is 10.1 Å². The fourth-order valence-corrected chi connectivity index (χ4v) is 2.51. The number of hydrogen-bond donors (Lipinski definition) is 1. The van der Waals surface area contributed by atoms with Crippen molar-refractivity contribution in [3.05, 3.63) is 39.9 Å². The van der Waals surface area contributed by atoms with Crippen molar-refractivity contribution in [3.8, 4) is 0 Å². The van der Waals surface area contributed by atoms with Gasteiger partial charge in [0, 0.05) is 30.8 Å². The van der Waals surface area contributed by atoms with Gasteiger partial charge in [0.15, 0.2) is 0 Å². The van der Waals surface area contributed by atoms with Gasteiger partial charge in [-0.15, -0.1) is 0 Å². The van der Waals surface area contributed by atoms with Crippen molar-refractivity contribution in [1.82, 2.24) is 5.32 Å². The molecule has 0 aromatic heterocycles. The maximum atomic E-state index is 10.8. The summed E-state index contributed by atoms with van der Waals surface area (Å²) in [6.45, 7) is 4.89. The summed E-state index contributed by atoms with van der Waals surface area (Å²) in [5, 5.41) is 14.3. The zero-order valence-electron chi connectivity index (χ0n) is 11.3. The molecule has 1 fully saturated rings. The molecule has 0 aliphatic carbocycles. The summed E-state index contributed by atoms with van der Waals surface area (Å²) >= 11 is 0. The van der Waals surface area contributed by atoms with Crippen molar-refractivity contribution < 1.29 is 9.66 Å². The molecule has 3 unspecified atom stereocenters. The number of rotatable bonds is 4. The molecule has 5 nitrogen and oxygen atoms in total. The maximum Gasteiger partial charge on any atom is 0.269 e. The molecular weight excluding hydrogens is 244 g/mol. The van der Waals surface area contributed by atoms with Crippen LogP contribution < -0.4 is 5.32 Å². The lowest BCUT2D eigenvalue weighted by atomic mass is 10.0. The lowest BCUT2D eigenvalue weighted by Crippen LogP contribution is -2.39. The van der Waals surface area contributed by atoms with Gasteiger partial charge in [-0.1, -0.05) is 12.1 Å². The molecule has 0 bridgehead atoms. The average Bonchev–Trinajstić information content (AvgIpc) is 2.39. The van der Waals surface area contributed by atoms with Crippen molar-refractivity contribution >= 4 is 5.69 Å². The van der Waals surface area contributed by atoms with Gasteiger partial charge in [0.1, 0.15) is 0 Å². The first-order chi connectivity index (χ1) is 9.06. The molecule has 5 heteroatoms. The molecule has 1 heterocycles. The molecule has 1 N–H and O–H groups in total. The standard InChI is InChI=1S/C14H20N2O3/c1-10-8-13(6-7-19-10)15-11(2)12-4-3-5-14(9-12)16(17)18/h3-5,9-11,13,15H,6-8H2,1-2H3. The molecule has 0 saturated carbocycles. The van der Waals surface area contributed by atoms with E-state index in [2.05, 4.69) is 12.2 Å². The van der Waals surface area contributed by atoms with Crippen LogP contribution in [0.2, 0.25) is 0 Å². The first-order valence-electron chi connectivity index (χ1n) is 6.68. The first kappa shape index (κ1) is 14.0. The van der Waals surface area contributed by atoms with E-state index in [0.717, 1.165) is 25.0 Å². The van der Waals surface area contributed by atoms with Crippen LogP contribution in [0.3, 0.4) is 0 Å². The van der Waals surface area contributed by atoms with Crippen LogP contribution in [0, 0.1) is 10.1 Å². The molecular formula is C14H20N2O3. The van der Waals surface area contributed by atoms with Crippen molar-refractivity contribution in [1.29, 1.82) is 0 Å². The lowest BCUT2D eigenvalue weighted by molar-refractivity contribution is -0.384. The van der Waals surface area contributed by atoms with Gasteiger partial charge in [-0.05, 0) is 32.3 Å². The lowest BCUT2D eigenvalue weighted by Gasteiger charge is -2.30. The van der Waals surface area contributed by atoms with Crippen molar-refractivity contribution in [3.63, 3.8) is 0 Å². The number of nitro benzene ring substituents is 1. The maximum absolute atomic E-state index is 10.8. The van der Waals surface area contributed by atoms with Crippen LogP contribution in [0.4, 0.5) is 5.69 Å². The summed E-state index contributed by atoms with van der Waals surface area (Å²) in [4.78, 5) is 10.4. The molecule has 2 rings (SSSR count). The van der Waals surface area contributed by atoms with Crippen LogP contribution in [-0.2, 0) is 4.74 Å². The molecule has 0 amide bonds. The number of hydrogen-bond acceptors (Lipinski definition) is 4. The fourth-order valence-electron chi connectivity index (χ4n) is 2.51. The molecule has 1 aromatic carbocycles. The van der Waals surface area contributed by atoms with Crippen LogP contribution in [-0.4, -0.2) is 23.7 Å². The topological polar surface area (TPSA) is 64.4 Å². The molecule has 1 aliphatic heterocycles. The minimum absolute atomic E-state index is 0.107. The summed E-state index contributed by atoms with van der Waals surface area (Å²) in [6.07, 6.45) is 2.26. The van der Waals surface area contributed by atoms with E-state index < -0.39 is 0 Å². The average molecular weight is 264 g/mol. The number of benzene rings is 1. The second-order valence-corrected chi connectivity index (χ2v) is 5.14. The number of ether oxygens (including phenoxy) is 1. The van der Waals surface area contributed by atoms with Crippen molar-refractivity contribution in [2.75, 3.05) is 6.61 Å². The number of nitrogens with zero attached hydrogens (tertiary/aromatic N) is 1. The number of nitrogens with one attached hydrogen (secondary N) is 1. The molecule has 104 valence electrons. The van der Waals surface area contributed by atoms with E-state index in [1.54, 1.807) is 12.1 Å². The van der Waals surface area contributed by atoms with Crippen LogP contribution in [0.25, 0.3) is 0 Å². The Bertz CT molecular complexity index is 450. The summed E-state index contributed by atoms with van der Waals surface area (Å²) in [7, 11) is 0. The summed E-state index contributed by atoms with van der Waals surface area (Å²) in [5.41, 5.74) is 1.10. The third kappa shape index (κ3) is 3.75. The van der Waals surface area contributed by atoms with Gasteiger partial charge in [-0.3, -0.25) is 10.1 Å². The summed E-state index contributed by atoms with van der Waals surface area (Å²) < 4.78 is 5.52. The molecule has 1 aliphatic rings. The molecule has 3 atom stereocenters. The Morgan fingerprint density at radius 3 is 3.00 bits per heavy atom. The van der Waals surface area contributed by atoms with Crippen LogP contribution in [0.1, 0.15) is 38.3 Å². The van der Waals surface area contributed by atoms with Gasteiger partial charge in [0.05, 0.1) is 11.0 Å². The second-order valence-electron chi connectivity index (χ2n) is 5.14. The highest BCUT2D eigenvalue weighted by Crippen LogP contribution is 2.22. The third-order valence-corrected chi connectivity index (χ3v) is 3.55. The molecule has 19 heavy (non-hydrogen) atoms. The number of nitro groups is 1. The highest BCUT2D eigenvalue weighted by molar-refractivity contribution is 5.35. The van der Waals surface area contributed by atoms with E-state index in [9.17, 15) is 10.1 Å². The molecule has 1 saturated heterocycles. The first-order valence-corrected chi connectivity index (χ1v) is 6.68. The van der Waals surface area contributed by atoms with Crippen LogP contribution >= 0.6 is 0 Å². The van der Waals surface area contributed by atoms with Gasteiger partial charge in [0.2, 0.25) is 0 Å². The predicted molar refractivity (Wildman–Crippen MR) is 73.1 cm³/mol. The van der Waals surface area contributed by atoms with Gasteiger partial charge in [-0.25, -0.2) is 0 Å². The highest BCUT2D eigenvalue weighted by Gasteiger charge is 2.21. The van der Waals surface area contributed by atoms with Gasteiger partial charge in [-0.2, -0.15) is 0 Å². The van der Waals surface area contributed by atoms with Gasteiger partial charge >= 0.3 is 0 Å². The Hall–Kier alpha value is -1.46. The minimum atomic E-state index is -0.354. The minimum Gasteiger partial charge on any atom is -0.378 e. The van der Waals surface area contributed by atoms with E-state index in [1.165, 1.54) is 6.07 Å². The van der Waals surface area contributed by atoms with Crippen molar-refractivity contribution in [2.45, 2.75) is 44.9 Å². The second kappa shape index (κ2) is 6.12. The SMILES string of the molecule is CC1CC(NC(C)c2cccc([N+](=O)[O-])c2)CCO1. The Morgan fingerprint density at radius 1 is 1.53 bits per heavy atom. The van der Waals surface area contributed by atoms with Crippen molar-refractivity contribution in [2.24, 2.45) is 0 Å². The number of non-ortho nitro benzene ring substituents is 1. The zero-order valence-corrected chi connectivity index (χ0v) is 11.3. The molecule has 0 spiro atoms. The summed E-state index contributed by atoms with van der Waals surface area (Å²) in [6, 6.07) is 7.34. The monoisotopic (exact) mass is 264 g/mol. The third-order valence-electron chi connectivity index (χ3n) is 3.55. The van der Waals surface area contributed by atoms with E-state index in [4.69, 9.17) is 4.74 Å². The van der Waals surface area contributed by atoms with Crippen LogP contribution in [0.5, 0.6) is 0 Å². The van der Waals surface area contributed by atoms with E-state index in [0.29, 0.717) is 6.04 Å². The quantitative estimate of drug-likeness (QED) is 0.671. The Kier molecular flexibility index (Phi) is 4.50. The van der Waals surface area contributed by atoms with E-state index >= 15 is 0 Å². The Morgan fingerprint density at radius 2 is 2.32 bits per heavy atom. The summed E-state index contributed by atoms with van der Waals surface area (Å²) in [5.74, 6) is 0. The van der Waals surface area contributed by atoms with Crippen LogP contribution in [0.15, 0.2) is 24.3 Å². The largest absolute Gasteiger partial charge is 0.378 e.